The van der Waals surface area contributed by atoms with Gasteiger partial charge in [0.05, 0.1) is 12.3 Å². The standard InChI is InChI=1S/C31H37FN4O3/c32-24-9-7-8-21(16-24)17-29(37)36-15-6-2-1-5-13-33-31(39)26-18-23(19-28(26)36)30(38)34-14-12-22-20-35-27-11-4-3-10-25(22)27/h3-4,7-11,16,20,23,26,28,35H,1-2,5-6,12-15,17-19H2,(H,33,39)(H,34,38)/t23-,26-,28+/m1/s1. The second-order valence-corrected chi connectivity index (χ2v) is 10.8. The van der Waals surface area contributed by atoms with Gasteiger partial charge in [0.15, 0.2) is 0 Å². The van der Waals surface area contributed by atoms with E-state index < -0.39 is 5.92 Å². The summed E-state index contributed by atoms with van der Waals surface area (Å²) in [6.07, 6.45) is 7.32. The van der Waals surface area contributed by atoms with Crippen molar-refractivity contribution in [1.29, 1.82) is 0 Å². The molecular formula is C31H37FN4O3. The first-order chi connectivity index (χ1) is 19.0. The molecule has 5 rings (SSSR count). The Hall–Kier alpha value is -3.68. The van der Waals surface area contributed by atoms with Crippen molar-refractivity contribution in [3.63, 3.8) is 0 Å². The molecule has 2 aliphatic rings. The number of carbonyl (C=O) groups excluding carboxylic acids is 3. The molecule has 8 heteroatoms. The molecule has 0 bridgehead atoms. The average Bonchev–Trinajstić information content (AvgIpc) is 3.54. The van der Waals surface area contributed by atoms with E-state index in [0.717, 1.165) is 42.1 Å². The van der Waals surface area contributed by atoms with E-state index in [4.69, 9.17) is 0 Å². The topological polar surface area (TPSA) is 94.3 Å². The van der Waals surface area contributed by atoms with E-state index in [-0.39, 0.29) is 41.9 Å². The normalized spacial score (nSPS) is 22.1. The van der Waals surface area contributed by atoms with E-state index in [1.807, 2.05) is 24.4 Å². The molecular weight excluding hydrogens is 495 g/mol. The molecule has 3 aromatic rings. The largest absolute Gasteiger partial charge is 0.361 e. The summed E-state index contributed by atoms with van der Waals surface area (Å²) in [4.78, 5) is 45.1. The number of hydrogen-bond donors (Lipinski definition) is 3. The summed E-state index contributed by atoms with van der Waals surface area (Å²) in [6, 6.07) is 13.8. The number of nitrogens with zero attached hydrogens (tertiary/aromatic N) is 1. The SMILES string of the molecule is O=C(NCCc1c[nH]c2ccccc12)[C@@H]1C[C@H]2C(=O)NCCCCCCN(C(=O)Cc3cccc(F)c3)[C@H]2C1. The minimum absolute atomic E-state index is 0.0697. The predicted molar refractivity (Wildman–Crippen MR) is 148 cm³/mol. The monoisotopic (exact) mass is 532 g/mol. The molecule has 2 heterocycles. The van der Waals surface area contributed by atoms with Gasteiger partial charge >= 0.3 is 0 Å². The summed E-state index contributed by atoms with van der Waals surface area (Å²) < 4.78 is 13.8. The first kappa shape index (κ1) is 26.9. The van der Waals surface area contributed by atoms with Crippen molar-refractivity contribution in [2.24, 2.45) is 11.8 Å². The maximum atomic E-state index is 13.8. The zero-order valence-corrected chi connectivity index (χ0v) is 22.3. The molecule has 3 amide bonds. The van der Waals surface area contributed by atoms with Crippen molar-refractivity contribution in [2.75, 3.05) is 19.6 Å². The van der Waals surface area contributed by atoms with Gasteiger partial charge in [-0.05, 0) is 61.4 Å². The summed E-state index contributed by atoms with van der Waals surface area (Å²) in [5.41, 5.74) is 2.83. The number of fused-ring (bicyclic) bond motifs is 2. The number of carbonyl (C=O) groups is 3. The van der Waals surface area contributed by atoms with Crippen LogP contribution in [0.5, 0.6) is 0 Å². The third kappa shape index (κ3) is 6.49. The van der Waals surface area contributed by atoms with Crippen LogP contribution in [-0.2, 0) is 27.2 Å². The van der Waals surface area contributed by atoms with Crippen LogP contribution in [0.3, 0.4) is 0 Å². The number of rotatable bonds is 6. The van der Waals surface area contributed by atoms with Gasteiger partial charge in [0.1, 0.15) is 5.82 Å². The molecule has 0 radical (unpaired) electrons. The molecule has 2 aromatic carbocycles. The number of halogens is 1. The molecule has 1 saturated carbocycles. The number of nitrogens with one attached hydrogen (secondary N) is 3. The van der Waals surface area contributed by atoms with E-state index >= 15 is 0 Å². The summed E-state index contributed by atoms with van der Waals surface area (Å²) in [5.74, 6) is -1.44. The first-order valence-corrected chi connectivity index (χ1v) is 14.1. The second kappa shape index (κ2) is 12.5. The molecule has 3 N–H and O–H groups in total. The lowest BCUT2D eigenvalue weighted by Gasteiger charge is -2.33. The molecule has 1 saturated heterocycles. The van der Waals surface area contributed by atoms with Crippen molar-refractivity contribution in [3.8, 4) is 0 Å². The fourth-order valence-electron chi connectivity index (χ4n) is 6.16. The highest BCUT2D eigenvalue weighted by Gasteiger charge is 2.45. The quantitative estimate of drug-likeness (QED) is 0.446. The lowest BCUT2D eigenvalue weighted by atomic mass is 9.99. The Morgan fingerprint density at radius 1 is 1.03 bits per heavy atom. The third-order valence-electron chi connectivity index (χ3n) is 8.20. The van der Waals surface area contributed by atoms with Gasteiger partial charge in [0.2, 0.25) is 17.7 Å². The highest BCUT2D eigenvalue weighted by molar-refractivity contribution is 5.86. The van der Waals surface area contributed by atoms with Crippen LogP contribution >= 0.6 is 0 Å². The Kier molecular flexibility index (Phi) is 8.59. The number of H-pyrrole nitrogens is 1. The van der Waals surface area contributed by atoms with E-state index in [2.05, 4.69) is 21.7 Å². The minimum atomic E-state index is -0.441. The Morgan fingerprint density at radius 3 is 2.74 bits per heavy atom. The van der Waals surface area contributed by atoms with Crippen molar-refractivity contribution in [3.05, 3.63) is 71.7 Å². The molecule has 0 spiro atoms. The Morgan fingerprint density at radius 2 is 1.87 bits per heavy atom. The Balaban J connectivity index is 1.27. The maximum absolute atomic E-state index is 13.8. The molecule has 1 aliphatic heterocycles. The first-order valence-electron chi connectivity index (χ1n) is 14.1. The molecule has 1 aliphatic carbocycles. The number of aromatic amines is 1. The zero-order chi connectivity index (χ0) is 27.2. The average molecular weight is 533 g/mol. The van der Waals surface area contributed by atoms with Crippen LogP contribution in [0.15, 0.2) is 54.7 Å². The van der Waals surface area contributed by atoms with Gasteiger partial charge in [0.25, 0.3) is 0 Å². The molecule has 2 fully saturated rings. The number of amides is 3. The van der Waals surface area contributed by atoms with Crippen LogP contribution < -0.4 is 10.6 Å². The van der Waals surface area contributed by atoms with Gasteiger partial charge in [0, 0.05) is 48.7 Å². The Bertz CT molecular complexity index is 1320. The van der Waals surface area contributed by atoms with Gasteiger partial charge in [-0.3, -0.25) is 14.4 Å². The van der Waals surface area contributed by atoms with E-state index in [9.17, 15) is 18.8 Å². The lowest BCUT2D eigenvalue weighted by molar-refractivity contribution is -0.136. The van der Waals surface area contributed by atoms with Crippen molar-refractivity contribution in [2.45, 2.75) is 57.4 Å². The van der Waals surface area contributed by atoms with Crippen molar-refractivity contribution < 1.29 is 18.8 Å². The molecule has 39 heavy (non-hydrogen) atoms. The minimum Gasteiger partial charge on any atom is -0.361 e. The molecule has 3 atom stereocenters. The molecule has 1 aromatic heterocycles. The van der Waals surface area contributed by atoms with E-state index in [1.54, 1.807) is 17.0 Å². The van der Waals surface area contributed by atoms with Crippen LogP contribution in [0.4, 0.5) is 4.39 Å². The predicted octanol–water partition coefficient (Wildman–Crippen LogP) is 4.12. The van der Waals surface area contributed by atoms with Crippen LogP contribution in [0.25, 0.3) is 10.9 Å². The van der Waals surface area contributed by atoms with Crippen molar-refractivity contribution >= 4 is 28.6 Å². The summed E-state index contributed by atoms with van der Waals surface area (Å²) in [7, 11) is 0. The number of hydrogen-bond acceptors (Lipinski definition) is 3. The number of para-hydroxylation sites is 1. The van der Waals surface area contributed by atoms with Crippen molar-refractivity contribution in [1.82, 2.24) is 20.5 Å². The van der Waals surface area contributed by atoms with Gasteiger partial charge in [-0.25, -0.2) is 4.39 Å². The van der Waals surface area contributed by atoms with Crippen LogP contribution in [-0.4, -0.2) is 53.3 Å². The van der Waals surface area contributed by atoms with E-state index in [1.165, 1.54) is 12.1 Å². The van der Waals surface area contributed by atoms with Gasteiger partial charge in [-0.1, -0.05) is 43.2 Å². The lowest BCUT2D eigenvalue weighted by Crippen LogP contribution is -2.48. The fraction of sp³-hybridized carbons (Fsp3) is 0.452. The fourth-order valence-corrected chi connectivity index (χ4v) is 6.16. The maximum Gasteiger partial charge on any atom is 0.227 e. The number of aromatic nitrogens is 1. The zero-order valence-electron chi connectivity index (χ0n) is 22.3. The van der Waals surface area contributed by atoms with E-state index in [0.29, 0.717) is 44.5 Å². The van der Waals surface area contributed by atoms with Gasteiger partial charge in [-0.15, -0.1) is 0 Å². The summed E-state index contributed by atoms with van der Waals surface area (Å²) in [6.45, 7) is 1.65. The van der Waals surface area contributed by atoms with Crippen LogP contribution in [0.2, 0.25) is 0 Å². The summed E-state index contributed by atoms with van der Waals surface area (Å²) >= 11 is 0. The smallest absolute Gasteiger partial charge is 0.227 e. The highest BCUT2D eigenvalue weighted by atomic mass is 19.1. The van der Waals surface area contributed by atoms with Gasteiger partial charge in [-0.2, -0.15) is 0 Å². The van der Waals surface area contributed by atoms with Gasteiger partial charge < -0.3 is 20.5 Å². The molecule has 7 nitrogen and oxygen atoms in total. The molecule has 0 unspecified atom stereocenters. The molecule has 206 valence electrons. The third-order valence-corrected chi connectivity index (χ3v) is 8.20. The Labute approximate surface area is 228 Å². The van der Waals surface area contributed by atoms with Crippen LogP contribution in [0, 0.1) is 17.7 Å². The summed E-state index contributed by atoms with van der Waals surface area (Å²) in [5, 5.41) is 7.27. The number of benzene rings is 2. The second-order valence-electron chi connectivity index (χ2n) is 10.8. The highest BCUT2D eigenvalue weighted by Crippen LogP contribution is 2.36. The van der Waals surface area contributed by atoms with Crippen LogP contribution in [0.1, 0.15) is 49.7 Å².